The third kappa shape index (κ3) is 6.40. The molecule has 36 heavy (non-hydrogen) atoms. The summed E-state index contributed by atoms with van der Waals surface area (Å²) in [6.45, 7) is 0.278. The van der Waals surface area contributed by atoms with Crippen LogP contribution in [0.25, 0.3) is 10.8 Å². The lowest BCUT2D eigenvalue weighted by atomic mass is 9.87. The third-order valence-electron chi connectivity index (χ3n) is 6.50. The fraction of sp³-hybridized carbons (Fsp3) is 0.321. The maximum Gasteiger partial charge on any atom is 0.306 e. The minimum absolute atomic E-state index is 0.0188. The molecule has 1 aliphatic carbocycles. The number of nitrogens with one attached hydrogen (secondary N) is 1. The molecule has 1 saturated carbocycles. The van der Waals surface area contributed by atoms with Gasteiger partial charge < -0.3 is 15.2 Å². The first-order valence-corrected chi connectivity index (χ1v) is 12.4. The number of carboxylic acid groups (broad SMARTS) is 1. The number of halogens is 2. The highest BCUT2D eigenvalue weighted by Gasteiger charge is 2.27. The normalized spacial score (nSPS) is 17.5. The summed E-state index contributed by atoms with van der Waals surface area (Å²) >= 11 is 6.03. The van der Waals surface area contributed by atoms with Crippen molar-refractivity contribution in [3.8, 4) is 5.75 Å². The van der Waals surface area contributed by atoms with Gasteiger partial charge in [-0.2, -0.15) is 0 Å². The van der Waals surface area contributed by atoms with Gasteiger partial charge in [0.2, 0.25) is 0 Å². The molecule has 0 atom stereocenters. The van der Waals surface area contributed by atoms with Crippen LogP contribution in [0.15, 0.2) is 54.6 Å². The summed E-state index contributed by atoms with van der Waals surface area (Å²) in [6.07, 6.45) is 2.55. The molecule has 1 amide bonds. The number of rotatable bonds is 9. The van der Waals surface area contributed by atoms with Crippen molar-refractivity contribution in [2.45, 2.75) is 44.6 Å². The number of aliphatic carboxylic acids is 1. The van der Waals surface area contributed by atoms with E-state index >= 15 is 0 Å². The lowest BCUT2D eigenvalue weighted by Crippen LogP contribution is -2.27. The number of benzene rings is 3. The maximum atomic E-state index is 14.6. The molecule has 0 heterocycles. The number of carboxylic acids is 1. The number of fused-ring (bicyclic) bond motifs is 1. The first-order valence-electron chi connectivity index (χ1n) is 12.0. The Balaban J connectivity index is 1.24. The Hall–Kier alpha value is -3.45. The number of ketones is 1. The molecule has 4 rings (SSSR count). The molecule has 1 fully saturated rings. The van der Waals surface area contributed by atoms with Gasteiger partial charge in [-0.1, -0.05) is 23.7 Å². The molecule has 6 nitrogen and oxygen atoms in total. The summed E-state index contributed by atoms with van der Waals surface area (Å²) < 4.78 is 20.4. The second-order valence-corrected chi connectivity index (χ2v) is 9.50. The zero-order valence-corrected chi connectivity index (χ0v) is 20.4. The molecular weight excluding hydrogens is 485 g/mol. The van der Waals surface area contributed by atoms with Crippen LogP contribution >= 0.6 is 11.6 Å². The van der Waals surface area contributed by atoms with E-state index in [-0.39, 0.29) is 42.2 Å². The van der Waals surface area contributed by atoms with Crippen LogP contribution in [0.5, 0.6) is 5.75 Å². The summed E-state index contributed by atoms with van der Waals surface area (Å²) in [7, 11) is 0. The molecule has 0 radical (unpaired) electrons. The van der Waals surface area contributed by atoms with Crippen LogP contribution in [0.2, 0.25) is 5.02 Å². The summed E-state index contributed by atoms with van der Waals surface area (Å²) in [4.78, 5) is 36.0. The molecule has 188 valence electrons. The number of Topliss-reactive ketones (excluding diaryl/α,β-unsaturated/α-hetero) is 1. The molecule has 2 N–H and O–H groups in total. The number of ether oxygens (including phenoxy) is 1. The number of hydrogen-bond donors (Lipinski definition) is 2. The molecule has 0 bridgehead atoms. The Labute approximate surface area is 213 Å². The standard InChI is InChI=1S/C28H27ClFNO5/c29-21-8-5-17-3-4-19(14-20(17)15-21)27(33)31-13-1-2-26(32)24-12-11-23(16-25(24)30)36-22-9-6-18(7-10-22)28(34)35/h3-5,8,11-12,14-16,18,22H,1-2,6-7,9-10,13H2,(H,31,33)(H,34,35). The monoisotopic (exact) mass is 511 g/mol. The van der Waals surface area contributed by atoms with Gasteiger partial charge in [0.15, 0.2) is 5.78 Å². The summed E-state index contributed by atoms with van der Waals surface area (Å²) in [5, 5.41) is 14.3. The smallest absolute Gasteiger partial charge is 0.306 e. The molecule has 1 aliphatic rings. The molecule has 0 spiro atoms. The predicted octanol–water partition coefficient (Wildman–Crippen LogP) is 6.05. The molecule has 8 heteroatoms. The van der Waals surface area contributed by atoms with Crippen molar-refractivity contribution in [1.82, 2.24) is 5.32 Å². The van der Waals surface area contributed by atoms with Crippen LogP contribution in [-0.4, -0.2) is 35.4 Å². The highest BCUT2D eigenvalue weighted by molar-refractivity contribution is 6.31. The highest BCUT2D eigenvalue weighted by atomic mass is 35.5. The van der Waals surface area contributed by atoms with E-state index in [0.29, 0.717) is 48.4 Å². The molecule has 0 aliphatic heterocycles. The van der Waals surface area contributed by atoms with Gasteiger partial charge in [-0.25, -0.2) is 4.39 Å². The Morgan fingerprint density at radius 1 is 0.972 bits per heavy atom. The van der Waals surface area contributed by atoms with Crippen LogP contribution in [-0.2, 0) is 4.79 Å². The van der Waals surface area contributed by atoms with E-state index < -0.39 is 11.8 Å². The van der Waals surface area contributed by atoms with E-state index in [9.17, 15) is 18.8 Å². The molecule has 0 aromatic heterocycles. The van der Waals surface area contributed by atoms with E-state index in [4.69, 9.17) is 21.4 Å². The Bertz CT molecular complexity index is 1290. The first kappa shape index (κ1) is 25.6. The zero-order valence-electron chi connectivity index (χ0n) is 19.6. The van der Waals surface area contributed by atoms with Crippen LogP contribution in [0.4, 0.5) is 4.39 Å². The summed E-state index contributed by atoms with van der Waals surface area (Å²) in [5.74, 6) is -2.08. The number of hydrogen-bond acceptors (Lipinski definition) is 4. The van der Waals surface area contributed by atoms with Crippen molar-refractivity contribution >= 4 is 40.0 Å². The van der Waals surface area contributed by atoms with Crippen molar-refractivity contribution < 1.29 is 28.6 Å². The highest BCUT2D eigenvalue weighted by Crippen LogP contribution is 2.29. The van der Waals surface area contributed by atoms with Crippen molar-refractivity contribution in [1.29, 1.82) is 0 Å². The van der Waals surface area contributed by atoms with Crippen molar-refractivity contribution in [2.75, 3.05) is 6.54 Å². The largest absolute Gasteiger partial charge is 0.490 e. The van der Waals surface area contributed by atoms with Gasteiger partial charge in [-0.05, 0) is 79.3 Å². The van der Waals surface area contributed by atoms with Gasteiger partial charge in [-0.3, -0.25) is 14.4 Å². The van der Waals surface area contributed by atoms with Crippen LogP contribution in [0.1, 0.15) is 59.2 Å². The van der Waals surface area contributed by atoms with Gasteiger partial charge in [-0.15, -0.1) is 0 Å². The number of carbonyl (C=O) groups is 3. The van der Waals surface area contributed by atoms with Crippen molar-refractivity contribution in [2.24, 2.45) is 5.92 Å². The minimum atomic E-state index is -0.791. The second-order valence-electron chi connectivity index (χ2n) is 9.06. The lowest BCUT2D eigenvalue weighted by Gasteiger charge is -2.26. The van der Waals surface area contributed by atoms with Crippen molar-refractivity contribution in [3.63, 3.8) is 0 Å². The molecule has 0 saturated heterocycles. The molecule has 0 unspecified atom stereocenters. The van der Waals surface area contributed by atoms with Crippen LogP contribution in [0, 0.1) is 11.7 Å². The van der Waals surface area contributed by atoms with Crippen molar-refractivity contribution in [3.05, 3.63) is 76.6 Å². The number of carbonyl (C=O) groups excluding carboxylic acids is 2. The van der Waals surface area contributed by atoms with Gasteiger partial charge in [0.05, 0.1) is 17.6 Å². The fourth-order valence-electron chi connectivity index (χ4n) is 4.46. The summed E-state index contributed by atoms with van der Waals surface area (Å²) in [5.41, 5.74) is 0.476. The average Bonchev–Trinajstić information content (AvgIpc) is 2.86. The third-order valence-corrected chi connectivity index (χ3v) is 6.73. The van der Waals surface area contributed by atoms with E-state index in [1.165, 1.54) is 12.1 Å². The maximum absolute atomic E-state index is 14.6. The molecule has 3 aromatic rings. The van der Waals surface area contributed by atoms with Gasteiger partial charge in [0.25, 0.3) is 5.91 Å². The van der Waals surface area contributed by atoms with Gasteiger partial charge in [0.1, 0.15) is 11.6 Å². The Kier molecular flexibility index (Phi) is 8.21. The van der Waals surface area contributed by atoms with E-state index in [2.05, 4.69) is 5.32 Å². The van der Waals surface area contributed by atoms with E-state index in [0.717, 1.165) is 10.8 Å². The average molecular weight is 512 g/mol. The minimum Gasteiger partial charge on any atom is -0.490 e. The number of amides is 1. The van der Waals surface area contributed by atoms with Crippen LogP contribution < -0.4 is 10.1 Å². The topological polar surface area (TPSA) is 92.7 Å². The summed E-state index contributed by atoms with van der Waals surface area (Å²) in [6, 6.07) is 15.0. The van der Waals surface area contributed by atoms with Gasteiger partial charge >= 0.3 is 5.97 Å². The Morgan fingerprint density at radius 3 is 2.44 bits per heavy atom. The Morgan fingerprint density at radius 2 is 1.72 bits per heavy atom. The van der Waals surface area contributed by atoms with E-state index in [1.54, 1.807) is 30.3 Å². The zero-order chi connectivity index (χ0) is 25.7. The molecular formula is C28H27ClFNO5. The van der Waals surface area contributed by atoms with Crippen LogP contribution in [0.3, 0.4) is 0 Å². The van der Waals surface area contributed by atoms with E-state index in [1.807, 2.05) is 12.1 Å². The molecule has 3 aromatic carbocycles. The predicted molar refractivity (Wildman–Crippen MR) is 135 cm³/mol. The lowest BCUT2D eigenvalue weighted by molar-refractivity contribution is -0.143. The van der Waals surface area contributed by atoms with Gasteiger partial charge in [0, 0.05) is 29.6 Å². The fourth-order valence-corrected chi connectivity index (χ4v) is 4.64. The second kappa shape index (κ2) is 11.5. The first-order chi connectivity index (χ1) is 17.3. The quantitative estimate of drug-likeness (QED) is 0.269. The SMILES string of the molecule is O=C(NCCCC(=O)c1ccc(OC2CCC(C(=O)O)CC2)cc1F)c1ccc2ccc(Cl)cc2c1.